The Morgan fingerprint density at radius 3 is 1.95 bits per heavy atom. The summed E-state index contributed by atoms with van der Waals surface area (Å²) in [7, 11) is -4.57. The zero-order chi connectivity index (χ0) is 39.2. The van der Waals surface area contributed by atoms with Gasteiger partial charge in [0.25, 0.3) is 21.4 Å². The lowest BCUT2D eigenvalue weighted by Crippen LogP contribution is -2.46. The smallest absolute Gasteiger partial charge is 0.425 e. The van der Waals surface area contributed by atoms with Gasteiger partial charge in [0.05, 0.1) is 23.0 Å². The Hall–Kier alpha value is -5.74. The number of benzene rings is 4. The second-order valence-corrected chi connectivity index (χ2v) is 14.5. The number of unbranched alkanes of at least 4 members (excludes halogenated alkanes) is 1. The highest BCUT2D eigenvalue weighted by Crippen LogP contribution is 2.42. The molecule has 1 aliphatic rings. The van der Waals surface area contributed by atoms with Crippen molar-refractivity contribution in [3.05, 3.63) is 175 Å². The highest BCUT2D eigenvalue weighted by molar-refractivity contribution is 7.86. The summed E-state index contributed by atoms with van der Waals surface area (Å²) in [6, 6.07) is 32.6. The first-order valence-electron chi connectivity index (χ1n) is 17.6. The molecule has 14 nitrogen and oxygen atoms in total. The molecule has 2 heterocycles. The van der Waals surface area contributed by atoms with E-state index in [1.807, 2.05) is 97.9 Å². The van der Waals surface area contributed by atoms with Crippen molar-refractivity contribution in [1.29, 1.82) is 0 Å². The Labute approximate surface area is 316 Å². The number of nitrogens with zero attached hydrogens (tertiary/aromatic N) is 3. The molecule has 1 aromatic heterocycles. The van der Waals surface area contributed by atoms with Gasteiger partial charge < -0.3 is 14.2 Å². The van der Waals surface area contributed by atoms with E-state index in [1.165, 1.54) is 13.1 Å². The van der Waals surface area contributed by atoms with Crippen molar-refractivity contribution in [2.45, 2.75) is 62.0 Å². The van der Waals surface area contributed by atoms with Gasteiger partial charge in [-0.3, -0.25) is 23.7 Å². The molecule has 5 aromatic rings. The van der Waals surface area contributed by atoms with Crippen molar-refractivity contribution in [3.8, 4) is 0 Å². The van der Waals surface area contributed by atoms with Gasteiger partial charge >= 0.3 is 11.8 Å². The maximum atomic E-state index is 13.8. The number of nitro benzene ring substituents is 1. The molecule has 0 radical (unpaired) electrons. The Kier molecular flexibility index (Phi) is 11.9. The lowest BCUT2D eigenvalue weighted by atomic mass is 9.80. The molecule has 4 aromatic carbocycles. The number of aryl methyl sites for hydroxylation is 1. The average molecular weight is 770 g/mol. The number of hydrogen-bond donors (Lipinski definition) is 0. The molecule has 1 saturated heterocycles. The molecule has 0 N–H and O–H groups in total. The first kappa shape index (κ1) is 39.0. The predicted molar refractivity (Wildman–Crippen MR) is 200 cm³/mol. The van der Waals surface area contributed by atoms with Crippen LogP contribution >= 0.6 is 0 Å². The molecule has 15 heteroatoms. The molecule has 0 aliphatic carbocycles. The Morgan fingerprint density at radius 1 is 0.891 bits per heavy atom. The number of hydrogen-bond acceptors (Lipinski definition) is 11. The molecular formula is C40H39N3O11S. The monoisotopic (exact) mass is 769 g/mol. The maximum absolute atomic E-state index is 13.8. The zero-order valence-electron chi connectivity index (χ0n) is 30.1. The van der Waals surface area contributed by atoms with Crippen molar-refractivity contribution in [2.24, 2.45) is 0 Å². The molecule has 286 valence electrons. The molecule has 0 saturated carbocycles. The molecule has 0 bridgehead atoms. The fourth-order valence-electron chi connectivity index (χ4n) is 6.48. The van der Waals surface area contributed by atoms with Crippen LogP contribution in [0.5, 0.6) is 0 Å². The molecule has 0 unspecified atom stereocenters. The molecule has 0 spiro atoms. The van der Waals surface area contributed by atoms with Crippen molar-refractivity contribution < 1.29 is 36.5 Å². The van der Waals surface area contributed by atoms with E-state index in [2.05, 4.69) is 0 Å². The molecule has 0 amide bonds. The summed E-state index contributed by atoms with van der Waals surface area (Å²) < 4.78 is 53.1. The summed E-state index contributed by atoms with van der Waals surface area (Å²) in [4.78, 5) is 50.0. The van der Waals surface area contributed by atoms with Gasteiger partial charge in [0.1, 0.15) is 24.0 Å². The number of aromatic nitrogens is 2. The van der Waals surface area contributed by atoms with Crippen LogP contribution in [0.15, 0.2) is 136 Å². The first-order chi connectivity index (χ1) is 26.5. The second-order valence-electron chi connectivity index (χ2n) is 12.9. The Balaban J connectivity index is 1.42. The summed E-state index contributed by atoms with van der Waals surface area (Å²) in [6.07, 6.45) is -2.59. The van der Waals surface area contributed by atoms with E-state index < -0.39 is 56.4 Å². The first-order valence-corrected chi connectivity index (χ1v) is 19.0. The van der Waals surface area contributed by atoms with Crippen molar-refractivity contribution in [1.82, 2.24) is 9.13 Å². The maximum Gasteiger partial charge on any atom is 0.425 e. The van der Waals surface area contributed by atoms with Crippen LogP contribution in [0.4, 0.5) is 10.5 Å². The topological polar surface area (TPSA) is 175 Å². The number of non-ortho nitro benzene ring substituents is 1. The summed E-state index contributed by atoms with van der Waals surface area (Å²) in [5, 5.41) is 11.2. The SMILES string of the molecule is CCCCOC(=O)n1c(=O)c(C)cn([C@@H]2C[C@@H](OS(=O)(=O)c3ccc([N+](=O)[O-])cc3)[C@@H](COC(c3ccccc3)(c3ccccc3)c3ccccc3)O2)c1=O. The van der Waals surface area contributed by atoms with Gasteiger partial charge in [-0.1, -0.05) is 104 Å². The molecule has 6 rings (SSSR count). The van der Waals surface area contributed by atoms with Crippen LogP contribution in [-0.2, 0) is 34.1 Å². The van der Waals surface area contributed by atoms with Crippen LogP contribution in [0.1, 0.15) is 54.7 Å². The minimum Gasteiger partial charge on any atom is -0.449 e. The standard InChI is InChI=1S/C40H39N3O11S/c1-3-4-24-51-39(46)42-37(44)28(2)26-41(38(42)45)36-25-34(54-55(49,50)33-22-20-32(21-23-33)43(47)48)35(53-36)27-52-40(29-14-8-5-9-15-29,30-16-10-6-11-17-30)31-18-12-7-13-19-31/h5-23,26,34-36H,3-4,24-25,27H2,1-2H3/t34-,35-,36+/m1/s1. The summed E-state index contributed by atoms with van der Waals surface area (Å²) in [5.41, 5.74) is -1.15. The van der Waals surface area contributed by atoms with Crippen LogP contribution in [0, 0.1) is 17.0 Å². The van der Waals surface area contributed by atoms with E-state index in [4.69, 9.17) is 18.4 Å². The average Bonchev–Trinajstić information content (AvgIpc) is 3.59. The lowest BCUT2D eigenvalue weighted by molar-refractivity contribution is -0.384. The number of nitro groups is 1. The number of rotatable bonds is 14. The third kappa shape index (κ3) is 8.19. The van der Waals surface area contributed by atoms with Gasteiger partial charge in [-0.2, -0.15) is 13.0 Å². The van der Waals surface area contributed by atoms with Gasteiger partial charge in [0, 0.05) is 30.3 Å². The molecule has 3 atom stereocenters. The lowest BCUT2D eigenvalue weighted by Gasteiger charge is -2.37. The summed E-state index contributed by atoms with van der Waals surface area (Å²) in [5.74, 6) is 0. The normalized spacial score (nSPS) is 17.2. The number of carbonyl (C=O) groups excluding carboxylic acids is 1. The third-order valence-electron chi connectivity index (χ3n) is 9.27. The van der Waals surface area contributed by atoms with E-state index in [0.29, 0.717) is 17.4 Å². The van der Waals surface area contributed by atoms with Gasteiger partial charge in [0.15, 0.2) is 0 Å². The largest absolute Gasteiger partial charge is 0.449 e. The highest BCUT2D eigenvalue weighted by Gasteiger charge is 2.45. The summed E-state index contributed by atoms with van der Waals surface area (Å²) >= 11 is 0. The fourth-order valence-corrected chi connectivity index (χ4v) is 7.59. The fraction of sp³-hybridized carbons (Fsp3) is 0.275. The van der Waals surface area contributed by atoms with Crippen LogP contribution in [0.25, 0.3) is 0 Å². The van der Waals surface area contributed by atoms with Crippen LogP contribution < -0.4 is 11.2 Å². The molecule has 1 fully saturated rings. The molecular weight excluding hydrogens is 731 g/mol. The minimum absolute atomic E-state index is 0.00307. The Bertz CT molecular complexity index is 2250. The van der Waals surface area contributed by atoms with Gasteiger partial charge in [-0.25, -0.2) is 9.59 Å². The minimum atomic E-state index is -4.57. The molecule has 1 aliphatic heterocycles. The zero-order valence-corrected chi connectivity index (χ0v) is 30.9. The van der Waals surface area contributed by atoms with E-state index in [1.54, 1.807) is 0 Å². The second kappa shape index (κ2) is 16.7. The van der Waals surface area contributed by atoms with Gasteiger partial charge in [0.2, 0.25) is 0 Å². The predicted octanol–water partition coefficient (Wildman–Crippen LogP) is 6.08. The van der Waals surface area contributed by atoms with Gasteiger partial charge in [-0.15, -0.1) is 0 Å². The third-order valence-corrected chi connectivity index (χ3v) is 10.6. The van der Waals surface area contributed by atoms with Gasteiger partial charge in [-0.05, 0) is 42.2 Å². The van der Waals surface area contributed by atoms with Crippen LogP contribution in [-0.4, -0.2) is 54.0 Å². The van der Waals surface area contributed by atoms with Crippen molar-refractivity contribution >= 4 is 21.9 Å². The van der Waals surface area contributed by atoms with E-state index in [-0.39, 0.29) is 35.8 Å². The van der Waals surface area contributed by atoms with Crippen LogP contribution in [0.3, 0.4) is 0 Å². The van der Waals surface area contributed by atoms with Crippen LogP contribution in [0.2, 0.25) is 0 Å². The van der Waals surface area contributed by atoms with E-state index in [9.17, 15) is 32.9 Å². The number of ether oxygens (including phenoxy) is 3. The van der Waals surface area contributed by atoms with Crippen molar-refractivity contribution in [3.63, 3.8) is 0 Å². The highest BCUT2D eigenvalue weighted by atomic mass is 32.2. The summed E-state index contributed by atoms with van der Waals surface area (Å²) in [6.45, 7) is 3.03. The Morgan fingerprint density at radius 2 is 1.44 bits per heavy atom. The van der Waals surface area contributed by atoms with Crippen molar-refractivity contribution in [2.75, 3.05) is 13.2 Å². The van der Waals surface area contributed by atoms with E-state index in [0.717, 1.165) is 45.5 Å². The number of carbonyl (C=O) groups is 1. The quantitative estimate of drug-likeness (QED) is 0.0421. The van der Waals surface area contributed by atoms with E-state index >= 15 is 0 Å². The molecule has 55 heavy (non-hydrogen) atoms.